The van der Waals surface area contributed by atoms with Crippen LogP contribution in [0.4, 0.5) is 0 Å². The van der Waals surface area contributed by atoms with E-state index in [1.165, 1.54) is 17.8 Å². The van der Waals surface area contributed by atoms with Crippen molar-refractivity contribution in [1.29, 1.82) is 0 Å². The fraction of sp³-hybridized carbons (Fsp3) is 0.786. The maximum Gasteiger partial charge on any atom is 0.0925 e. The normalized spacial score (nSPS) is 20.5. The molecule has 1 aromatic heterocycles. The van der Waals surface area contributed by atoms with Crippen molar-refractivity contribution in [2.45, 2.75) is 45.3 Å². The Bertz CT molecular complexity index is 379. The second-order valence-electron chi connectivity index (χ2n) is 5.35. The first kappa shape index (κ1) is 14.5. The number of hydrogen-bond donors (Lipinski definition) is 2. The molecule has 0 spiro atoms. The number of ether oxygens (including phenoxy) is 1. The molecule has 5 nitrogen and oxygen atoms in total. The van der Waals surface area contributed by atoms with Crippen LogP contribution in [-0.4, -0.2) is 53.8 Å². The van der Waals surface area contributed by atoms with Crippen molar-refractivity contribution >= 4 is 0 Å². The van der Waals surface area contributed by atoms with E-state index in [0.717, 1.165) is 32.7 Å². The molecule has 0 bridgehead atoms. The average Bonchev–Trinajstić information content (AvgIpc) is 2.90. The third kappa shape index (κ3) is 3.78. The fourth-order valence-electron chi connectivity index (χ4n) is 2.60. The molecule has 108 valence electrons. The second kappa shape index (κ2) is 7.03. The Morgan fingerprint density at radius 3 is 3.16 bits per heavy atom. The van der Waals surface area contributed by atoms with Gasteiger partial charge in [0.2, 0.25) is 0 Å². The van der Waals surface area contributed by atoms with Gasteiger partial charge in [-0.2, -0.15) is 0 Å². The molecule has 2 unspecified atom stereocenters. The summed E-state index contributed by atoms with van der Waals surface area (Å²) >= 11 is 0. The van der Waals surface area contributed by atoms with Gasteiger partial charge >= 0.3 is 0 Å². The summed E-state index contributed by atoms with van der Waals surface area (Å²) in [4.78, 5) is 10.1. The summed E-state index contributed by atoms with van der Waals surface area (Å²) in [6.07, 6.45) is 3.98. The standard InChI is InChI=1S/C14H26N4O/c1-4-11(2)18(5-6-19-3)9-12-7-13-14(8-15-12)17-10-16-13/h10-12,15H,4-9H2,1-3H3,(H,16,17). The van der Waals surface area contributed by atoms with E-state index >= 15 is 0 Å². The van der Waals surface area contributed by atoms with Crippen LogP contribution in [0.5, 0.6) is 0 Å². The van der Waals surface area contributed by atoms with Gasteiger partial charge in [-0.3, -0.25) is 4.90 Å². The fourth-order valence-corrected chi connectivity index (χ4v) is 2.60. The molecule has 0 saturated heterocycles. The van der Waals surface area contributed by atoms with Crippen LogP contribution in [0.3, 0.4) is 0 Å². The van der Waals surface area contributed by atoms with Gasteiger partial charge in [0.25, 0.3) is 0 Å². The van der Waals surface area contributed by atoms with Gasteiger partial charge in [-0.15, -0.1) is 0 Å². The van der Waals surface area contributed by atoms with Gasteiger partial charge in [-0.05, 0) is 13.3 Å². The molecule has 2 N–H and O–H groups in total. The number of aromatic nitrogens is 2. The molecular weight excluding hydrogens is 240 g/mol. The van der Waals surface area contributed by atoms with Crippen molar-refractivity contribution < 1.29 is 4.74 Å². The van der Waals surface area contributed by atoms with Crippen molar-refractivity contribution in [3.8, 4) is 0 Å². The number of aromatic amines is 1. The van der Waals surface area contributed by atoms with Crippen LogP contribution in [-0.2, 0) is 17.7 Å². The summed E-state index contributed by atoms with van der Waals surface area (Å²) in [6, 6.07) is 1.08. The first-order valence-electron chi connectivity index (χ1n) is 7.22. The maximum atomic E-state index is 5.22. The smallest absolute Gasteiger partial charge is 0.0925 e. The number of methoxy groups -OCH3 is 1. The van der Waals surface area contributed by atoms with Crippen LogP contribution in [0.15, 0.2) is 6.33 Å². The SMILES string of the molecule is CCC(C)N(CCOC)CC1Cc2nc[nH]c2CN1. The van der Waals surface area contributed by atoms with Gasteiger partial charge in [0, 0.05) is 45.2 Å². The Hall–Kier alpha value is -0.910. The van der Waals surface area contributed by atoms with Gasteiger partial charge in [0.1, 0.15) is 0 Å². The van der Waals surface area contributed by atoms with Gasteiger partial charge in [-0.1, -0.05) is 6.92 Å². The van der Waals surface area contributed by atoms with Gasteiger partial charge in [0.15, 0.2) is 0 Å². The Kier molecular flexibility index (Phi) is 5.36. The lowest BCUT2D eigenvalue weighted by molar-refractivity contribution is 0.113. The van der Waals surface area contributed by atoms with Crippen molar-refractivity contribution in [2.75, 3.05) is 26.8 Å². The third-order valence-corrected chi connectivity index (χ3v) is 4.07. The molecule has 0 aliphatic carbocycles. The molecule has 19 heavy (non-hydrogen) atoms. The zero-order chi connectivity index (χ0) is 13.7. The van der Waals surface area contributed by atoms with E-state index < -0.39 is 0 Å². The highest BCUT2D eigenvalue weighted by Gasteiger charge is 2.23. The molecule has 1 aromatic rings. The Balaban J connectivity index is 1.90. The first-order valence-corrected chi connectivity index (χ1v) is 7.22. The predicted octanol–water partition coefficient (Wildman–Crippen LogP) is 1.17. The van der Waals surface area contributed by atoms with Gasteiger partial charge in [0.05, 0.1) is 24.3 Å². The van der Waals surface area contributed by atoms with Crippen LogP contribution in [0.25, 0.3) is 0 Å². The number of rotatable bonds is 7. The molecule has 5 heteroatoms. The van der Waals surface area contributed by atoms with E-state index in [9.17, 15) is 0 Å². The molecule has 0 aromatic carbocycles. The lowest BCUT2D eigenvalue weighted by Gasteiger charge is -2.33. The number of nitrogens with one attached hydrogen (secondary N) is 2. The van der Waals surface area contributed by atoms with Crippen molar-refractivity contribution in [1.82, 2.24) is 20.2 Å². The average molecular weight is 266 g/mol. The molecule has 0 saturated carbocycles. The van der Waals surface area contributed by atoms with E-state index in [2.05, 4.69) is 34.0 Å². The highest BCUT2D eigenvalue weighted by Crippen LogP contribution is 2.14. The largest absolute Gasteiger partial charge is 0.383 e. The zero-order valence-corrected chi connectivity index (χ0v) is 12.3. The molecule has 2 heterocycles. The summed E-state index contributed by atoms with van der Waals surface area (Å²) in [5.41, 5.74) is 2.46. The number of imidazole rings is 1. The topological polar surface area (TPSA) is 53.2 Å². The van der Waals surface area contributed by atoms with Crippen LogP contribution in [0, 0.1) is 0 Å². The number of hydrogen-bond acceptors (Lipinski definition) is 4. The van der Waals surface area contributed by atoms with E-state index in [0.29, 0.717) is 12.1 Å². The second-order valence-corrected chi connectivity index (χ2v) is 5.35. The minimum Gasteiger partial charge on any atom is -0.383 e. The lowest BCUT2D eigenvalue weighted by atomic mass is 10.0. The van der Waals surface area contributed by atoms with Crippen LogP contribution < -0.4 is 5.32 Å². The van der Waals surface area contributed by atoms with E-state index in [1.807, 2.05) is 0 Å². The molecule has 0 radical (unpaired) electrons. The zero-order valence-electron chi connectivity index (χ0n) is 12.3. The molecule has 2 atom stereocenters. The monoisotopic (exact) mass is 266 g/mol. The summed E-state index contributed by atoms with van der Waals surface area (Å²) < 4.78 is 5.22. The molecular formula is C14H26N4O. The predicted molar refractivity (Wildman–Crippen MR) is 76.1 cm³/mol. The van der Waals surface area contributed by atoms with Gasteiger partial charge < -0.3 is 15.0 Å². The number of nitrogens with zero attached hydrogens (tertiary/aromatic N) is 2. The lowest BCUT2D eigenvalue weighted by Crippen LogP contribution is -2.48. The quantitative estimate of drug-likeness (QED) is 0.778. The van der Waals surface area contributed by atoms with Crippen LogP contribution in [0.2, 0.25) is 0 Å². The van der Waals surface area contributed by atoms with Crippen LogP contribution >= 0.6 is 0 Å². The highest BCUT2D eigenvalue weighted by atomic mass is 16.5. The number of H-pyrrole nitrogens is 1. The Morgan fingerprint density at radius 1 is 1.58 bits per heavy atom. The van der Waals surface area contributed by atoms with E-state index in [-0.39, 0.29) is 0 Å². The number of fused-ring (bicyclic) bond motifs is 1. The maximum absolute atomic E-state index is 5.22. The Labute approximate surface area is 115 Å². The van der Waals surface area contributed by atoms with Crippen molar-refractivity contribution in [3.63, 3.8) is 0 Å². The molecule has 1 aliphatic heterocycles. The highest BCUT2D eigenvalue weighted by molar-refractivity contribution is 5.16. The summed E-state index contributed by atoms with van der Waals surface area (Å²) in [5.74, 6) is 0. The summed E-state index contributed by atoms with van der Waals surface area (Å²) in [5, 5.41) is 3.59. The molecule has 2 rings (SSSR count). The van der Waals surface area contributed by atoms with Crippen molar-refractivity contribution in [2.24, 2.45) is 0 Å². The Morgan fingerprint density at radius 2 is 2.42 bits per heavy atom. The minimum absolute atomic E-state index is 0.488. The van der Waals surface area contributed by atoms with E-state index in [4.69, 9.17) is 4.74 Å². The minimum atomic E-state index is 0.488. The molecule has 1 aliphatic rings. The summed E-state index contributed by atoms with van der Waals surface area (Å²) in [6.45, 7) is 8.29. The third-order valence-electron chi connectivity index (χ3n) is 4.07. The van der Waals surface area contributed by atoms with Crippen molar-refractivity contribution in [3.05, 3.63) is 17.7 Å². The molecule has 0 amide bonds. The first-order chi connectivity index (χ1) is 9.24. The van der Waals surface area contributed by atoms with Gasteiger partial charge in [-0.25, -0.2) is 4.98 Å². The van der Waals surface area contributed by atoms with E-state index in [1.54, 1.807) is 13.4 Å². The summed E-state index contributed by atoms with van der Waals surface area (Å²) in [7, 11) is 1.77. The molecule has 0 fully saturated rings. The van der Waals surface area contributed by atoms with Crippen LogP contribution in [0.1, 0.15) is 31.7 Å².